The molecular formula is C21H19FN2OS. The molecule has 0 bridgehead atoms. The summed E-state index contributed by atoms with van der Waals surface area (Å²) in [6, 6.07) is 18.4. The number of nitrogens with zero attached hydrogens (tertiary/aromatic N) is 1. The number of hydrogen-bond acceptors (Lipinski definition) is 3. The van der Waals surface area contributed by atoms with Gasteiger partial charge in [0.2, 0.25) is 0 Å². The fourth-order valence-electron chi connectivity index (χ4n) is 3.45. The monoisotopic (exact) mass is 366 g/mol. The summed E-state index contributed by atoms with van der Waals surface area (Å²) in [5, 5.41) is 5.04. The number of amides is 1. The number of halogens is 1. The lowest BCUT2D eigenvalue weighted by Crippen LogP contribution is -2.37. The van der Waals surface area contributed by atoms with Crippen molar-refractivity contribution in [2.24, 2.45) is 0 Å². The summed E-state index contributed by atoms with van der Waals surface area (Å²) in [4.78, 5) is 16.0. The van der Waals surface area contributed by atoms with Crippen LogP contribution in [0.4, 0.5) is 10.1 Å². The molecule has 1 atom stereocenters. The van der Waals surface area contributed by atoms with Gasteiger partial charge in [-0.25, -0.2) is 4.39 Å². The Kier molecular flexibility index (Phi) is 4.71. The second-order valence-corrected chi connectivity index (χ2v) is 7.30. The molecule has 0 saturated heterocycles. The molecule has 3 aromatic rings. The smallest absolute Gasteiger partial charge is 0.251 e. The van der Waals surface area contributed by atoms with E-state index in [0.717, 1.165) is 13.0 Å². The Balaban J connectivity index is 1.55. The van der Waals surface area contributed by atoms with E-state index in [4.69, 9.17) is 0 Å². The zero-order chi connectivity index (χ0) is 17.9. The van der Waals surface area contributed by atoms with E-state index in [1.165, 1.54) is 28.3 Å². The number of benzene rings is 2. The van der Waals surface area contributed by atoms with Crippen LogP contribution in [-0.4, -0.2) is 19.0 Å². The Morgan fingerprint density at radius 1 is 1.15 bits per heavy atom. The number of carbonyl (C=O) groups is 1. The molecule has 0 saturated carbocycles. The largest absolute Gasteiger partial charge is 0.361 e. The van der Waals surface area contributed by atoms with E-state index in [-0.39, 0.29) is 11.9 Å². The van der Waals surface area contributed by atoms with Gasteiger partial charge in [0.15, 0.2) is 0 Å². The molecule has 1 aromatic heterocycles. The minimum Gasteiger partial charge on any atom is -0.361 e. The molecule has 3 nitrogen and oxygen atoms in total. The first kappa shape index (κ1) is 16.8. The fraction of sp³-hybridized carbons (Fsp3) is 0.190. The van der Waals surface area contributed by atoms with E-state index in [1.54, 1.807) is 23.5 Å². The third kappa shape index (κ3) is 3.35. The third-order valence-corrected chi connectivity index (χ3v) is 5.69. The van der Waals surface area contributed by atoms with Crippen LogP contribution in [0, 0.1) is 5.82 Å². The van der Waals surface area contributed by atoms with E-state index < -0.39 is 5.82 Å². The number of hydrogen-bond donors (Lipinski definition) is 1. The first-order valence-electron chi connectivity index (χ1n) is 8.64. The number of carbonyl (C=O) groups excluding carboxylic acids is 1. The van der Waals surface area contributed by atoms with Crippen LogP contribution in [0.1, 0.15) is 26.8 Å². The van der Waals surface area contributed by atoms with Crippen molar-refractivity contribution < 1.29 is 9.18 Å². The number of fused-ring (bicyclic) bond motifs is 1. The Morgan fingerprint density at radius 3 is 2.85 bits per heavy atom. The van der Waals surface area contributed by atoms with Gasteiger partial charge < -0.3 is 10.2 Å². The number of rotatable bonds is 5. The highest BCUT2D eigenvalue weighted by molar-refractivity contribution is 7.10. The van der Waals surface area contributed by atoms with Crippen molar-refractivity contribution in [3.8, 4) is 0 Å². The summed E-state index contributed by atoms with van der Waals surface area (Å²) in [6.45, 7) is 1.40. The molecule has 4 rings (SSSR count). The molecule has 26 heavy (non-hydrogen) atoms. The summed E-state index contributed by atoms with van der Waals surface area (Å²) >= 11 is 1.69. The van der Waals surface area contributed by atoms with Crippen molar-refractivity contribution in [2.75, 3.05) is 18.0 Å². The first-order valence-corrected chi connectivity index (χ1v) is 9.52. The van der Waals surface area contributed by atoms with Crippen LogP contribution in [0.2, 0.25) is 0 Å². The second-order valence-electron chi connectivity index (χ2n) is 6.32. The molecule has 1 aliphatic heterocycles. The van der Waals surface area contributed by atoms with Crippen molar-refractivity contribution in [1.82, 2.24) is 5.32 Å². The predicted octanol–water partition coefficient (Wildman–Crippen LogP) is 4.42. The maximum Gasteiger partial charge on any atom is 0.251 e. The minimum atomic E-state index is -0.402. The van der Waals surface area contributed by atoms with Crippen molar-refractivity contribution in [2.45, 2.75) is 12.5 Å². The van der Waals surface area contributed by atoms with Gasteiger partial charge in [0.1, 0.15) is 5.82 Å². The number of thiophene rings is 1. The Morgan fingerprint density at radius 2 is 2.04 bits per heavy atom. The van der Waals surface area contributed by atoms with Gasteiger partial charge in [0, 0.05) is 29.2 Å². The summed E-state index contributed by atoms with van der Waals surface area (Å²) in [5.74, 6) is -0.653. The molecule has 1 N–H and O–H groups in total. The van der Waals surface area contributed by atoms with Gasteiger partial charge >= 0.3 is 0 Å². The zero-order valence-electron chi connectivity index (χ0n) is 14.2. The standard InChI is InChI=1S/C21H19FN2OS/c22-17-7-3-6-16(13-17)21(25)23-14-19(20-9-4-12-26-20)24-11-10-15-5-1-2-8-18(15)24/h1-9,12-13,19H,10-11,14H2,(H,23,25)/t19-/m1/s1. The lowest BCUT2D eigenvalue weighted by molar-refractivity contribution is 0.0950. The van der Waals surface area contributed by atoms with E-state index in [1.807, 2.05) is 12.1 Å². The van der Waals surface area contributed by atoms with Crippen LogP contribution in [0.5, 0.6) is 0 Å². The van der Waals surface area contributed by atoms with E-state index in [2.05, 4.69) is 39.9 Å². The van der Waals surface area contributed by atoms with Crippen LogP contribution in [0.3, 0.4) is 0 Å². The van der Waals surface area contributed by atoms with Gasteiger partial charge in [-0.2, -0.15) is 0 Å². The summed E-state index contributed by atoms with van der Waals surface area (Å²) in [7, 11) is 0. The number of para-hydroxylation sites is 1. The molecule has 0 radical (unpaired) electrons. The summed E-state index contributed by atoms with van der Waals surface area (Å²) in [5.41, 5.74) is 2.91. The SMILES string of the molecule is O=C(NC[C@H](c1cccs1)N1CCc2ccccc21)c1cccc(F)c1. The average Bonchev–Trinajstić information content (AvgIpc) is 3.32. The van der Waals surface area contributed by atoms with Crippen LogP contribution in [0.15, 0.2) is 66.0 Å². The van der Waals surface area contributed by atoms with Crippen LogP contribution in [-0.2, 0) is 6.42 Å². The highest BCUT2D eigenvalue weighted by atomic mass is 32.1. The number of nitrogens with one attached hydrogen (secondary N) is 1. The Labute approximate surface area is 156 Å². The maximum atomic E-state index is 13.4. The normalized spacial score (nSPS) is 14.1. The van der Waals surface area contributed by atoms with Crippen molar-refractivity contribution in [3.63, 3.8) is 0 Å². The predicted molar refractivity (Wildman–Crippen MR) is 103 cm³/mol. The maximum absolute atomic E-state index is 13.4. The van der Waals surface area contributed by atoms with Gasteiger partial charge in [-0.05, 0) is 47.7 Å². The van der Waals surface area contributed by atoms with Gasteiger partial charge in [0.25, 0.3) is 5.91 Å². The van der Waals surface area contributed by atoms with Gasteiger partial charge in [-0.1, -0.05) is 30.3 Å². The van der Waals surface area contributed by atoms with E-state index >= 15 is 0 Å². The molecule has 132 valence electrons. The molecule has 0 aliphatic carbocycles. The van der Waals surface area contributed by atoms with Crippen molar-refractivity contribution in [1.29, 1.82) is 0 Å². The van der Waals surface area contributed by atoms with Crippen molar-refractivity contribution >= 4 is 22.9 Å². The van der Waals surface area contributed by atoms with E-state index in [0.29, 0.717) is 12.1 Å². The zero-order valence-corrected chi connectivity index (χ0v) is 15.0. The highest BCUT2D eigenvalue weighted by Crippen LogP contribution is 2.36. The second kappa shape index (κ2) is 7.30. The highest BCUT2D eigenvalue weighted by Gasteiger charge is 2.28. The molecule has 2 heterocycles. The van der Waals surface area contributed by atoms with Crippen LogP contribution in [0.25, 0.3) is 0 Å². The number of anilines is 1. The van der Waals surface area contributed by atoms with E-state index in [9.17, 15) is 9.18 Å². The third-order valence-electron chi connectivity index (χ3n) is 4.71. The molecular weight excluding hydrogens is 347 g/mol. The first-order chi connectivity index (χ1) is 12.7. The Hall–Kier alpha value is -2.66. The molecule has 0 spiro atoms. The topological polar surface area (TPSA) is 32.3 Å². The molecule has 1 aliphatic rings. The molecule has 5 heteroatoms. The molecule has 0 fully saturated rings. The lowest BCUT2D eigenvalue weighted by Gasteiger charge is -2.30. The quantitative estimate of drug-likeness (QED) is 0.725. The Bertz CT molecular complexity index is 910. The van der Waals surface area contributed by atoms with Crippen LogP contribution >= 0.6 is 11.3 Å². The fourth-order valence-corrected chi connectivity index (χ4v) is 4.29. The van der Waals surface area contributed by atoms with Crippen molar-refractivity contribution in [3.05, 3.63) is 87.9 Å². The average molecular weight is 366 g/mol. The lowest BCUT2D eigenvalue weighted by atomic mass is 10.1. The van der Waals surface area contributed by atoms with Gasteiger partial charge in [0.05, 0.1) is 6.04 Å². The van der Waals surface area contributed by atoms with Gasteiger partial charge in [-0.15, -0.1) is 11.3 Å². The summed E-state index contributed by atoms with van der Waals surface area (Å²) < 4.78 is 13.4. The molecule has 0 unspecified atom stereocenters. The summed E-state index contributed by atoms with van der Waals surface area (Å²) in [6.07, 6.45) is 1.01. The molecule has 2 aromatic carbocycles. The van der Waals surface area contributed by atoms with Gasteiger partial charge in [-0.3, -0.25) is 4.79 Å². The van der Waals surface area contributed by atoms with Crippen LogP contribution < -0.4 is 10.2 Å². The minimum absolute atomic E-state index is 0.0659. The molecule has 1 amide bonds.